The molecule has 0 fully saturated rings. The summed E-state index contributed by atoms with van der Waals surface area (Å²) in [5, 5.41) is 2.77. The maximum atomic E-state index is 12.9. The molecule has 0 aliphatic rings. The summed E-state index contributed by atoms with van der Waals surface area (Å²) in [6, 6.07) is 10.5. The largest absolute Gasteiger partial charge is 0.492 e. The van der Waals surface area contributed by atoms with Crippen molar-refractivity contribution in [2.75, 3.05) is 27.2 Å². The average molecular weight is 449 g/mol. The first-order valence-corrected chi connectivity index (χ1v) is 11.2. The average Bonchev–Trinajstić information content (AvgIpc) is 3.06. The van der Waals surface area contributed by atoms with Crippen LogP contribution in [0.25, 0.3) is 11.0 Å². The summed E-state index contributed by atoms with van der Waals surface area (Å²) in [4.78, 5) is 16.8. The number of hydrogen-bond acceptors (Lipinski definition) is 5. The van der Waals surface area contributed by atoms with Crippen LogP contribution in [0.2, 0.25) is 0 Å². The lowest BCUT2D eigenvalue weighted by Crippen LogP contribution is -2.28. The molecule has 0 aliphatic heterocycles. The normalized spacial score (nSPS) is 11.8. The molecule has 8 nitrogen and oxygen atoms in total. The molecular formula is C21H25FN4O4S. The van der Waals surface area contributed by atoms with Gasteiger partial charge in [0.05, 0.1) is 22.5 Å². The van der Waals surface area contributed by atoms with Gasteiger partial charge in [-0.1, -0.05) is 0 Å². The number of rotatable bonds is 9. The van der Waals surface area contributed by atoms with Gasteiger partial charge in [-0.15, -0.1) is 0 Å². The van der Waals surface area contributed by atoms with Crippen LogP contribution >= 0.6 is 0 Å². The van der Waals surface area contributed by atoms with E-state index in [9.17, 15) is 17.6 Å². The predicted octanol–water partition coefficient (Wildman–Crippen LogP) is 2.09. The van der Waals surface area contributed by atoms with E-state index in [2.05, 4.69) is 10.3 Å². The van der Waals surface area contributed by atoms with Gasteiger partial charge in [0.25, 0.3) is 0 Å². The number of imidazole rings is 1. The monoisotopic (exact) mass is 448 g/mol. The molecule has 0 saturated heterocycles. The van der Waals surface area contributed by atoms with E-state index in [0.717, 1.165) is 9.82 Å². The lowest BCUT2D eigenvalue weighted by Gasteiger charge is -2.10. The standard InChI is InChI=1S/C21H25FN4O4S/c1-25(2)31(28,29)17-8-9-19-18(14-17)24-20(26(19)3)10-11-21(27)23-12-13-30-16-6-4-15(22)5-7-16/h4-9,14H,10-13H2,1-3H3,(H,23,27). The van der Waals surface area contributed by atoms with Gasteiger partial charge in [-0.25, -0.2) is 22.1 Å². The molecule has 3 aromatic rings. The van der Waals surface area contributed by atoms with Crippen molar-refractivity contribution < 1.29 is 22.3 Å². The minimum atomic E-state index is -3.54. The smallest absolute Gasteiger partial charge is 0.242 e. The summed E-state index contributed by atoms with van der Waals surface area (Å²) in [7, 11) is 1.25. The van der Waals surface area contributed by atoms with Gasteiger partial charge in [0, 0.05) is 34.0 Å². The Bertz CT molecular complexity index is 1170. The van der Waals surface area contributed by atoms with Crippen LogP contribution in [0.5, 0.6) is 5.75 Å². The first-order chi connectivity index (χ1) is 14.7. The number of aryl methyl sites for hydroxylation is 2. The molecule has 31 heavy (non-hydrogen) atoms. The van der Waals surface area contributed by atoms with Crippen LogP contribution < -0.4 is 10.1 Å². The van der Waals surface area contributed by atoms with Crippen LogP contribution in [-0.4, -0.2) is 55.4 Å². The minimum absolute atomic E-state index is 0.148. The lowest BCUT2D eigenvalue weighted by atomic mass is 10.3. The summed E-state index contributed by atoms with van der Waals surface area (Å²) < 4.78 is 46.0. The van der Waals surface area contributed by atoms with E-state index >= 15 is 0 Å². The number of amides is 1. The van der Waals surface area contributed by atoms with Crippen LogP contribution in [0.3, 0.4) is 0 Å². The molecular weight excluding hydrogens is 423 g/mol. The first-order valence-electron chi connectivity index (χ1n) is 9.71. The zero-order valence-corrected chi connectivity index (χ0v) is 18.4. The third-order valence-electron chi connectivity index (χ3n) is 4.81. The van der Waals surface area contributed by atoms with E-state index in [-0.39, 0.29) is 29.6 Å². The summed E-state index contributed by atoms with van der Waals surface area (Å²) in [5.74, 6) is 0.738. The number of benzene rings is 2. The molecule has 1 N–H and O–H groups in total. The zero-order valence-electron chi connectivity index (χ0n) is 17.6. The highest BCUT2D eigenvalue weighted by Gasteiger charge is 2.19. The number of nitrogens with zero attached hydrogens (tertiary/aromatic N) is 3. The Hall–Kier alpha value is -2.98. The molecule has 1 aromatic heterocycles. The fourth-order valence-corrected chi connectivity index (χ4v) is 3.95. The van der Waals surface area contributed by atoms with Crippen LogP contribution in [0.15, 0.2) is 47.4 Å². The van der Waals surface area contributed by atoms with E-state index in [1.54, 1.807) is 18.2 Å². The Morgan fingerprint density at radius 2 is 1.90 bits per heavy atom. The molecule has 1 heterocycles. The number of aromatic nitrogens is 2. The Kier molecular flexibility index (Phi) is 6.91. The van der Waals surface area contributed by atoms with Crippen molar-refractivity contribution >= 4 is 27.0 Å². The SMILES string of the molecule is CN(C)S(=O)(=O)c1ccc2c(c1)nc(CCC(=O)NCCOc1ccc(F)cc1)n2C. The molecule has 166 valence electrons. The number of hydrogen-bond donors (Lipinski definition) is 1. The van der Waals surface area contributed by atoms with Gasteiger partial charge in [0.2, 0.25) is 15.9 Å². The fraction of sp³-hybridized carbons (Fsp3) is 0.333. The molecule has 0 radical (unpaired) electrons. The topological polar surface area (TPSA) is 93.5 Å². The summed E-state index contributed by atoms with van der Waals surface area (Å²) >= 11 is 0. The quantitative estimate of drug-likeness (QED) is 0.506. The van der Waals surface area contributed by atoms with E-state index in [4.69, 9.17) is 4.74 Å². The van der Waals surface area contributed by atoms with Crippen LogP contribution in [-0.2, 0) is 28.3 Å². The molecule has 10 heteroatoms. The van der Waals surface area contributed by atoms with Crippen molar-refractivity contribution in [1.29, 1.82) is 0 Å². The predicted molar refractivity (Wildman–Crippen MR) is 115 cm³/mol. The zero-order chi connectivity index (χ0) is 22.6. The molecule has 3 rings (SSSR count). The molecule has 0 saturated carbocycles. The highest BCUT2D eigenvalue weighted by atomic mass is 32.2. The van der Waals surface area contributed by atoms with Crippen molar-refractivity contribution in [1.82, 2.24) is 19.2 Å². The van der Waals surface area contributed by atoms with Crippen LogP contribution in [0.1, 0.15) is 12.2 Å². The van der Waals surface area contributed by atoms with Crippen molar-refractivity contribution in [2.24, 2.45) is 7.05 Å². The summed E-state index contributed by atoms with van der Waals surface area (Å²) in [6.45, 7) is 0.595. The second-order valence-electron chi connectivity index (χ2n) is 7.18. The van der Waals surface area contributed by atoms with Gasteiger partial charge in [-0.2, -0.15) is 0 Å². The van der Waals surface area contributed by atoms with E-state index in [1.807, 2.05) is 11.6 Å². The Labute approximate surface area is 180 Å². The van der Waals surface area contributed by atoms with Gasteiger partial charge in [0.1, 0.15) is 24.0 Å². The molecule has 0 spiro atoms. The van der Waals surface area contributed by atoms with Gasteiger partial charge < -0.3 is 14.6 Å². The Morgan fingerprint density at radius 3 is 2.58 bits per heavy atom. The van der Waals surface area contributed by atoms with Crippen molar-refractivity contribution in [3.05, 3.63) is 54.1 Å². The molecule has 0 unspecified atom stereocenters. The van der Waals surface area contributed by atoms with Crippen LogP contribution in [0.4, 0.5) is 4.39 Å². The third-order valence-corrected chi connectivity index (χ3v) is 6.62. The maximum Gasteiger partial charge on any atom is 0.242 e. The number of nitrogens with one attached hydrogen (secondary N) is 1. The van der Waals surface area contributed by atoms with Gasteiger partial charge in [-0.3, -0.25) is 4.79 Å². The number of fused-ring (bicyclic) bond motifs is 1. The first kappa shape index (κ1) is 22.7. The number of carbonyl (C=O) groups excluding carboxylic acids is 1. The Morgan fingerprint density at radius 1 is 1.19 bits per heavy atom. The fourth-order valence-electron chi connectivity index (χ4n) is 3.03. The van der Waals surface area contributed by atoms with E-state index < -0.39 is 10.0 Å². The second kappa shape index (κ2) is 9.44. The van der Waals surface area contributed by atoms with Gasteiger partial charge in [-0.05, 0) is 42.5 Å². The summed E-state index contributed by atoms with van der Waals surface area (Å²) in [5.41, 5.74) is 1.36. The van der Waals surface area contributed by atoms with Crippen molar-refractivity contribution in [2.45, 2.75) is 17.7 Å². The molecule has 0 bridgehead atoms. The highest BCUT2D eigenvalue weighted by molar-refractivity contribution is 7.89. The second-order valence-corrected chi connectivity index (χ2v) is 9.33. The maximum absolute atomic E-state index is 12.9. The van der Waals surface area contributed by atoms with Crippen molar-refractivity contribution in [3.63, 3.8) is 0 Å². The van der Waals surface area contributed by atoms with E-state index in [1.165, 1.54) is 38.4 Å². The van der Waals surface area contributed by atoms with Crippen LogP contribution in [0, 0.1) is 5.82 Å². The molecule has 1 amide bonds. The summed E-state index contributed by atoms with van der Waals surface area (Å²) in [6.07, 6.45) is 0.641. The molecule has 2 aromatic carbocycles. The minimum Gasteiger partial charge on any atom is -0.492 e. The van der Waals surface area contributed by atoms with Gasteiger partial charge >= 0.3 is 0 Å². The lowest BCUT2D eigenvalue weighted by molar-refractivity contribution is -0.121. The van der Waals surface area contributed by atoms with Crippen molar-refractivity contribution in [3.8, 4) is 5.75 Å². The highest BCUT2D eigenvalue weighted by Crippen LogP contribution is 2.21. The number of ether oxygens (including phenoxy) is 1. The molecule has 0 aliphatic carbocycles. The van der Waals surface area contributed by atoms with Gasteiger partial charge in [0.15, 0.2) is 0 Å². The third kappa shape index (κ3) is 5.39. The number of carbonyl (C=O) groups is 1. The number of halogens is 1. The van der Waals surface area contributed by atoms with E-state index in [0.29, 0.717) is 30.1 Å². The Balaban J connectivity index is 1.54. The molecule has 0 atom stereocenters. The number of sulfonamides is 1.